The van der Waals surface area contributed by atoms with E-state index < -0.39 is 169 Å². The van der Waals surface area contributed by atoms with Crippen molar-refractivity contribution in [3.05, 3.63) is 179 Å². The van der Waals surface area contributed by atoms with Crippen molar-refractivity contribution < 1.29 is 206 Å². The van der Waals surface area contributed by atoms with Crippen LogP contribution in [0, 0.1) is 23.7 Å². The smallest absolute Gasteiger partial charge is 0.332 e. The Hall–Kier alpha value is -8.52. The predicted molar refractivity (Wildman–Crippen MR) is 575 cm³/mol. The number of benzene rings is 5. The van der Waals surface area contributed by atoms with Crippen LogP contribution in [0.3, 0.4) is 0 Å². The molecule has 1 aliphatic rings. The predicted octanol–water partition coefficient (Wildman–Crippen LogP) is 11.0. The summed E-state index contributed by atoms with van der Waals surface area (Å²) in [4.78, 5) is 198. The Morgan fingerprint density at radius 1 is 0.407 bits per heavy atom. The molecule has 1 heterocycles. The minimum atomic E-state index is -1.46. The number of aliphatic hydroxyl groups is 1. The first-order chi connectivity index (χ1) is 68.8. The number of carbonyl (C=O) groups excluding carboxylic acids is 15. The van der Waals surface area contributed by atoms with Crippen molar-refractivity contribution in [2.75, 3.05) is 45.0 Å². The molecule has 0 aromatic heterocycles. The summed E-state index contributed by atoms with van der Waals surface area (Å²) in [6.45, 7) is 35.0. The number of carbonyl (C=O) groups is 16. The fourth-order valence-corrected chi connectivity index (χ4v) is 13.3. The number of Topliss-reactive ketones (excluding diaryl/α,β-unsaturated/α-hetero) is 1. The Bertz CT molecular complexity index is 4760. The standard InChI is InChI=1S/C34H47N3O8.C28H37N3O6.C27H41N3O8.C9H17NO2.C6H11BrO2.CH4.H2O3.H5P3.2Y/c1-23(2)19-28(36-31(40)27(35-24(3)38)18-17-25-13-9-7-10-14-25)32(41)37-29(21-43-22-30(39)45-34(4,5)6)33(42)44-20-26-15-11-8-12-16-26;1-19(2)16-24(27(35)31-25(17-32)28(36)37-18-22-12-8-5-9-13-22)30-26(34)23(29-20(3)33)15-14-21-10-6-4-7-11-21;1-17(2)14-21(25(34)30-22(26(35)36)15-37-16-23(32)38-27(4,5)6)29-24(33)20(28-18(3)31)13-12-19-10-8-7-9-11-19;1-6(2)4-7(10)8(11)9(3)5-12-9;1-6(2,3)9-5(8)4-7;;2*1-3-2;;/h7-16,23,27-29H,17-22H2,1-6H3,(H,35,38)(H,36,40)(H,37,41);4-13,19,23-25,32H,14-18H2,1-3H3,(H,29,33)(H,30,34)(H,31,35);7-11,17,20-22H,12-16H2,1-6H3,(H,28,31)(H,29,33)(H,30,34)(H,35,36);6-7H,4-5,10H2,1-3H3;4H2,1-3H3;1H4;1-2H;3H,1-2H2;;/t27-,28-,29-;23-,24-,25-;20-,21-,22-;7-,9+;;;;;;/m0000....../s1. The number of halogens is 1. The fraction of sp³-hybridized carbons (Fsp3) is 0.562. The summed E-state index contributed by atoms with van der Waals surface area (Å²) in [5, 5.41) is 58.6. The monoisotopic (exact) mass is 2380 g/mol. The Morgan fingerprint density at radius 2 is 0.647 bits per heavy atom. The van der Waals surface area contributed by atoms with Crippen LogP contribution in [0.4, 0.5) is 0 Å². The Morgan fingerprint density at radius 3 is 0.887 bits per heavy atom. The van der Waals surface area contributed by atoms with Gasteiger partial charge in [-0.25, -0.2) is 34.5 Å². The maximum absolute atomic E-state index is 13.5. The number of epoxide rings is 1. The summed E-state index contributed by atoms with van der Waals surface area (Å²) in [5.41, 5.74) is 7.88. The summed E-state index contributed by atoms with van der Waals surface area (Å²) in [6, 6.07) is 36.6. The molecule has 13 atom stereocenters. The molecule has 1 fully saturated rings. The van der Waals surface area contributed by atoms with Crippen molar-refractivity contribution in [2.45, 2.75) is 313 Å². The van der Waals surface area contributed by atoms with Crippen LogP contribution in [0.15, 0.2) is 152 Å². The second-order valence-corrected chi connectivity index (χ2v) is 44.0. The van der Waals surface area contributed by atoms with Gasteiger partial charge in [0.15, 0.2) is 23.9 Å². The van der Waals surface area contributed by atoms with E-state index in [1.54, 1.807) is 84.9 Å². The number of amides is 9. The number of carboxylic acid groups (broad SMARTS) is 1. The van der Waals surface area contributed by atoms with E-state index in [1.165, 1.54) is 20.8 Å². The van der Waals surface area contributed by atoms with Crippen LogP contribution in [-0.4, -0.2) is 243 Å². The molecule has 6 rings (SSSR count). The minimum absolute atomic E-state index is 0. The SMILES string of the molecule is C.CC(=O)N[C@@H](CCc1ccccc1)C(=O)N[C@@H](CC(C)C)C(=O)N[C@@H](CO)C(=O)OCc1ccccc1.CC(=O)N[C@@H](CCc1ccccc1)C(=O)N[C@@H](CC(C)C)C(=O)N[C@@H](COCC(=O)OC(C)(C)C)C(=O)O.CC(=O)N[C@@H](CCc1ccccc1)C(=O)N[C@@H](CC(C)C)C(=O)N[C@@H](COCC(=O)OC(C)(C)C)C(=O)OCc1ccccc1.CC(C)(C)OC(=O)CBr.CC(C)C[C@H](N)C(=O)[C@@]1(C)CO1.OOO.PPP.[Y].[Y]. The molecule has 836 valence electrons. The van der Waals surface area contributed by atoms with E-state index in [4.69, 9.17) is 54.1 Å². The number of hydrogen-bond acceptors (Lipinski definition) is 29. The summed E-state index contributed by atoms with van der Waals surface area (Å²) in [6.07, 6.45) is 4.11. The molecule has 1 aliphatic heterocycles. The third kappa shape index (κ3) is 73.7. The number of ketones is 1. The summed E-state index contributed by atoms with van der Waals surface area (Å²) in [5.74, 6) is -8.58. The van der Waals surface area contributed by atoms with Gasteiger partial charge in [0.2, 0.25) is 53.2 Å². The van der Waals surface area contributed by atoms with Gasteiger partial charge in [-0.15, -0.1) is 17.9 Å². The van der Waals surface area contributed by atoms with E-state index in [-0.39, 0.29) is 164 Å². The molecule has 0 saturated carbocycles. The normalized spacial score (nSPS) is 14.0. The van der Waals surface area contributed by atoms with E-state index in [9.17, 15) is 86.9 Å². The number of esters is 5. The molecule has 150 heavy (non-hydrogen) atoms. The van der Waals surface area contributed by atoms with Gasteiger partial charge in [0.05, 0.1) is 32.5 Å². The zero-order valence-electron chi connectivity index (χ0n) is 89.7. The van der Waals surface area contributed by atoms with Crippen LogP contribution < -0.4 is 53.6 Å². The van der Waals surface area contributed by atoms with E-state index in [0.717, 1.165) is 42.2 Å². The Balaban J connectivity index is -0.000000938. The summed E-state index contributed by atoms with van der Waals surface area (Å²) in [7, 11) is 6.06. The van der Waals surface area contributed by atoms with Gasteiger partial charge >= 0.3 is 35.8 Å². The number of aliphatic hydroxyl groups excluding tert-OH is 1. The Labute approximate surface area is 949 Å². The van der Waals surface area contributed by atoms with Crippen molar-refractivity contribution >= 4 is 137 Å². The number of nitrogens with two attached hydrogens (primary N) is 1. The number of hydrogen-bond donors (Lipinski definition) is 14. The van der Waals surface area contributed by atoms with Gasteiger partial charge in [-0.3, -0.25) is 52.7 Å². The molecule has 0 aliphatic carbocycles. The second-order valence-electron chi connectivity index (χ2n) is 39.1. The van der Waals surface area contributed by atoms with E-state index >= 15 is 0 Å². The molecule has 5 aromatic rings. The molecule has 45 heteroatoms. The summed E-state index contributed by atoms with van der Waals surface area (Å²) >= 11 is 2.99. The van der Waals surface area contributed by atoms with Crippen LogP contribution >= 0.6 is 41.7 Å². The zero-order valence-corrected chi connectivity index (χ0v) is 100. The minimum Gasteiger partial charge on any atom is -0.480 e. The number of ether oxygens (including phenoxy) is 8. The number of aliphatic carboxylic acids is 1. The first-order valence-corrected chi connectivity index (χ1v) is 54.0. The van der Waals surface area contributed by atoms with Crippen molar-refractivity contribution in [2.24, 2.45) is 29.4 Å². The fourth-order valence-electron chi connectivity index (χ4n) is 13.2. The van der Waals surface area contributed by atoms with Gasteiger partial charge in [0, 0.05) is 86.2 Å². The van der Waals surface area contributed by atoms with E-state index in [0.29, 0.717) is 57.5 Å². The molecule has 0 bridgehead atoms. The molecule has 39 nitrogen and oxygen atoms in total. The van der Waals surface area contributed by atoms with Crippen molar-refractivity contribution in [3.8, 4) is 0 Å². The molecule has 2 radical (unpaired) electrons. The first kappa shape index (κ1) is 148. The molecule has 9 amide bonds. The van der Waals surface area contributed by atoms with Crippen molar-refractivity contribution in [1.29, 1.82) is 0 Å². The topological polar surface area (TPSA) is 575 Å². The second kappa shape index (κ2) is 81.2. The maximum atomic E-state index is 13.5. The number of alkyl halides is 1. The van der Waals surface area contributed by atoms with E-state index in [1.807, 2.05) is 178 Å². The summed E-state index contributed by atoms with van der Waals surface area (Å²) < 4.78 is 41.6. The quantitative estimate of drug-likeness (QED) is 0.00327. The Kier molecular flexibility index (Phi) is 79.9. The molecule has 2 unspecified atom stereocenters. The van der Waals surface area contributed by atoms with Gasteiger partial charge in [-0.1, -0.05) is 243 Å². The average molecular weight is 2380 g/mol. The molecule has 15 N–H and O–H groups in total. The zero-order chi connectivity index (χ0) is 112. The van der Waals surface area contributed by atoms with Crippen molar-refractivity contribution in [1.82, 2.24) is 47.9 Å². The maximum Gasteiger partial charge on any atom is 0.332 e. The number of carboxylic acids is 1. The first-order valence-electron chi connectivity index (χ1n) is 48.3. The third-order valence-corrected chi connectivity index (χ3v) is 20.2. The molecular weight excluding hydrogens is 2220 g/mol. The van der Waals surface area contributed by atoms with Gasteiger partial charge in [-0.05, 0) is 185 Å². The number of nitrogens with one attached hydrogen (secondary N) is 9. The van der Waals surface area contributed by atoms with Crippen LogP contribution in [0.2, 0.25) is 0 Å². The van der Waals surface area contributed by atoms with Gasteiger partial charge in [-0.2, -0.15) is 0 Å². The number of rotatable bonds is 51. The molecule has 1 saturated heterocycles. The largest absolute Gasteiger partial charge is 0.480 e. The third-order valence-electron chi connectivity index (χ3n) is 19.8. The van der Waals surface area contributed by atoms with Crippen molar-refractivity contribution in [3.63, 3.8) is 0 Å². The molecular formula is C105H164BrN10O29P3Y2. The van der Waals surface area contributed by atoms with Crippen LogP contribution in [0.25, 0.3) is 0 Å². The number of aryl methyl sites for hydroxylation is 3. The van der Waals surface area contributed by atoms with Gasteiger partial charge < -0.3 is 102 Å². The molecule has 0 spiro atoms. The average Bonchev–Trinajstić information content (AvgIpc) is 1.64. The van der Waals surface area contributed by atoms with Crippen LogP contribution in [0.5, 0.6) is 0 Å². The van der Waals surface area contributed by atoms with Crippen LogP contribution in [0.1, 0.15) is 226 Å². The van der Waals surface area contributed by atoms with E-state index in [2.05, 4.69) is 101 Å². The van der Waals surface area contributed by atoms with Crippen LogP contribution in [-0.2, 0) is 218 Å². The van der Waals surface area contributed by atoms with Gasteiger partial charge in [0.25, 0.3) is 0 Å². The molecule has 5 aromatic carbocycles. The van der Waals surface area contributed by atoms with Gasteiger partial charge in [0.1, 0.15) is 90.4 Å².